The number of halogens is 2. The SMILES string of the molecule is COC(=O)N[C@H]1CCC[C@@H]1[C@](CNC(C)=O)(c1cccc(F)c1)C1CCN(CC2CN(c3cc(CN(C)C)c(C#N)cc3F)C2)CC1. The molecule has 0 aromatic heterocycles. The van der Waals surface area contributed by atoms with E-state index in [0.29, 0.717) is 30.3 Å². The lowest BCUT2D eigenvalue weighted by Crippen LogP contribution is -2.58. The van der Waals surface area contributed by atoms with Crippen molar-refractivity contribution in [2.75, 3.05) is 65.4 Å². The molecule has 2 N–H and O–H groups in total. The second-order valence-corrected chi connectivity index (χ2v) is 13.9. The highest BCUT2D eigenvalue weighted by Gasteiger charge is 2.52. The third kappa shape index (κ3) is 7.71. The van der Waals surface area contributed by atoms with Crippen molar-refractivity contribution in [3.8, 4) is 6.07 Å². The number of methoxy groups -OCH3 is 1. The maximum absolute atomic E-state index is 15.0. The van der Waals surface area contributed by atoms with Crippen molar-refractivity contribution in [1.29, 1.82) is 5.26 Å². The number of nitrogens with one attached hydrogen (secondary N) is 2. The van der Waals surface area contributed by atoms with Gasteiger partial charge in [0.2, 0.25) is 5.91 Å². The minimum atomic E-state index is -0.577. The molecule has 2 saturated heterocycles. The van der Waals surface area contributed by atoms with Crippen molar-refractivity contribution < 1.29 is 23.1 Å². The number of nitrogens with zero attached hydrogens (tertiary/aromatic N) is 4. The summed E-state index contributed by atoms with van der Waals surface area (Å²) in [4.78, 5) is 31.2. The van der Waals surface area contributed by atoms with E-state index in [1.54, 1.807) is 12.1 Å². The molecule has 11 heteroatoms. The van der Waals surface area contributed by atoms with E-state index in [4.69, 9.17) is 4.74 Å². The van der Waals surface area contributed by atoms with Crippen LogP contribution in [0.15, 0.2) is 36.4 Å². The molecule has 2 amide bonds. The topological polar surface area (TPSA) is 101 Å². The number of likely N-dealkylation sites (tertiary alicyclic amines) is 1. The number of anilines is 1. The number of alkyl carbamates (subject to hydrolysis) is 1. The molecule has 3 aliphatic rings. The van der Waals surface area contributed by atoms with Gasteiger partial charge in [-0.05, 0) is 100 Å². The molecule has 2 aromatic rings. The van der Waals surface area contributed by atoms with E-state index in [1.807, 2.05) is 31.1 Å². The molecule has 47 heavy (non-hydrogen) atoms. The number of nitriles is 1. The van der Waals surface area contributed by atoms with Crippen LogP contribution in [0.25, 0.3) is 0 Å². The van der Waals surface area contributed by atoms with Gasteiger partial charge in [-0.1, -0.05) is 18.6 Å². The smallest absolute Gasteiger partial charge is 0.407 e. The lowest BCUT2D eigenvalue weighted by atomic mass is 9.58. The van der Waals surface area contributed by atoms with Gasteiger partial charge in [0.25, 0.3) is 0 Å². The van der Waals surface area contributed by atoms with Crippen molar-refractivity contribution in [2.24, 2.45) is 17.8 Å². The first-order valence-corrected chi connectivity index (χ1v) is 16.7. The van der Waals surface area contributed by atoms with Crippen LogP contribution in [0.2, 0.25) is 0 Å². The average molecular weight is 651 g/mol. The number of ether oxygens (including phenoxy) is 1. The van der Waals surface area contributed by atoms with Gasteiger partial charge in [0.15, 0.2) is 0 Å². The van der Waals surface area contributed by atoms with Crippen LogP contribution in [0.5, 0.6) is 0 Å². The summed E-state index contributed by atoms with van der Waals surface area (Å²) in [7, 11) is 5.22. The van der Waals surface area contributed by atoms with E-state index >= 15 is 0 Å². The molecular formula is C36H48F2N6O3. The van der Waals surface area contributed by atoms with Crippen LogP contribution >= 0.6 is 0 Å². The van der Waals surface area contributed by atoms with Crippen molar-refractivity contribution in [2.45, 2.75) is 57.0 Å². The fourth-order valence-corrected chi connectivity index (χ4v) is 8.44. The van der Waals surface area contributed by atoms with Crippen molar-refractivity contribution in [3.05, 3.63) is 64.7 Å². The van der Waals surface area contributed by atoms with Gasteiger partial charge in [-0.2, -0.15) is 5.26 Å². The van der Waals surface area contributed by atoms with Gasteiger partial charge in [0, 0.05) is 57.0 Å². The summed E-state index contributed by atoms with van der Waals surface area (Å²) >= 11 is 0. The molecule has 254 valence electrons. The minimum Gasteiger partial charge on any atom is -0.453 e. The van der Waals surface area contributed by atoms with Crippen LogP contribution in [-0.4, -0.2) is 88.3 Å². The molecule has 0 radical (unpaired) electrons. The van der Waals surface area contributed by atoms with E-state index in [2.05, 4.69) is 26.5 Å². The molecule has 0 bridgehead atoms. The van der Waals surface area contributed by atoms with Crippen molar-refractivity contribution >= 4 is 17.7 Å². The molecule has 9 nitrogen and oxygen atoms in total. The number of hydrogen-bond donors (Lipinski definition) is 2. The van der Waals surface area contributed by atoms with E-state index < -0.39 is 11.5 Å². The summed E-state index contributed by atoms with van der Waals surface area (Å²) in [6.07, 6.45) is 3.83. The largest absolute Gasteiger partial charge is 0.453 e. The Morgan fingerprint density at radius 1 is 1.11 bits per heavy atom. The number of rotatable bonds is 11. The van der Waals surface area contributed by atoms with Crippen LogP contribution in [0.4, 0.5) is 19.3 Å². The number of amides is 2. The maximum Gasteiger partial charge on any atom is 0.407 e. The molecule has 2 aromatic carbocycles. The predicted octanol–water partition coefficient (Wildman–Crippen LogP) is 4.65. The second kappa shape index (κ2) is 15.0. The van der Waals surface area contributed by atoms with E-state index in [-0.39, 0.29) is 35.4 Å². The third-order valence-electron chi connectivity index (χ3n) is 10.6. The Morgan fingerprint density at radius 3 is 2.49 bits per heavy atom. The number of piperidine rings is 1. The van der Waals surface area contributed by atoms with Gasteiger partial charge in [-0.15, -0.1) is 0 Å². The fraction of sp³-hybridized carbons (Fsp3) is 0.583. The van der Waals surface area contributed by atoms with Crippen LogP contribution in [0, 0.1) is 40.7 Å². The zero-order valence-corrected chi connectivity index (χ0v) is 28.0. The quantitative estimate of drug-likeness (QED) is 0.366. The van der Waals surface area contributed by atoms with Gasteiger partial charge in [0.05, 0.1) is 24.4 Å². The normalized spacial score (nSPS) is 22.0. The Bertz CT molecular complexity index is 1470. The Balaban J connectivity index is 1.30. The highest BCUT2D eigenvalue weighted by atomic mass is 19.1. The van der Waals surface area contributed by atoms with Gasteiger partial charge in [-0.3, -0.25) is 4.79 Å². The number of benzene rings is 2. The first-order chi connectivity index (χ1) is 22.5. The maximum atomic E-state index is 15.0. The van der Waals surface area contributed by atoms with E-state index in [0.717, 1.165) is 76.0 Å². The molecular weight excluding hydrogens is 602 g/mol. The van der Waals surface area contributed by atoms with Crippen LogP contribution in [0.3, 0.4) is 0 Å². The lowest BCUT2D eigenvalue weighted by Gasteiger charge is -2.51. The molecule has 3 atom stereocenters. The summed E-state index contributed by atoms with van der Waals surface area (Å²) in [6.45, 7) is 6.57. The van der Waals surface area contributed by atoms with Gasteiger partial charge >= 0.3 is 6.09 Å². The molecule has 2 heterocycles. The summed E-state index contributed by atoms with van der Waals surface area (Å²) in [5.41, 5.74) is 2.04. The van der Waals surface area contributed by atoms with Gasteiger partial charge in [0.1, 0.15) is 11.6 Å². The third-order valence-corrected chi connectivity index (χ3v) is 10.6. The lowest BCUT2D eigenvalue weighted by molar-refractivity contribution is -0.119. The van der Waals surface area contributed by atoms with Gasteiger partial charge in [-0.25, -0.2) is 13.6 Å². The Hall–Kier alpha value is -3.75. The van der Waals surface area contributed by atoms with Crippen LogP contribution in [0.1, 0.15) is 55.7 Å². The first kappa shape index (κ1) is 34.6. The number of carbonyl (C=O) groups is 2. The molecule has 1 aliphatic carbocycles. The molecule has 5 rings (SSSR count). The fourth-order valence-electron chi connectivity index (χ4n) is 8.44. The highest BCUT2D eigenvalue weighted by molar-refractivity contribution is 5.73. The zero-order chi connectivity index (χ0) is 33.7. The highest BCUT2D eigenvalue weighted by Crippen LogP contribution is 2.50. The number of carbonyl (C=O) groups excluding carboxylic acids is 2. The Kier molecular flexibility index (Phi) is 11.0. The summed E-state index contributed by atoms with van der Waals surface area (Å²) in [5, 5.41) is 15.6. The van der Waals surface area contributed by atoms with Crippen LogP contribution in [-0.2, 0) is 21.5 Å². The molecule has 0 unspecified atom stereocenters. The van der Waals surface area contributed by atoms with Crippen LogP contribution < -0.4 is 15.5 Å². The summed E-state index contributed by atoms with van der Waals surface area (Å²) in [5.74, 6) is -0.270. The molecule has 1 saturated carbocycles. The van der Waals surface area contributed by atoms with Crippen molar-refractivity contribution in [3.63, 3.8) is 0 Å². The summed E-state index contributed by atoms with van der Waals surface area (Å²) < 4.78 is 34.8. The molecule has 2 aliphatic heterocycles. The molecule has 0 spiro atoms. The summed E-state index contributed by atoms with van der Waals surface area (Å²) in [6, 6.07) is 11.9. The Labute approximate surface area is 277 Å². The number of hydrogen-bond acceptors (Lipinski definition) is 7. The zero-order valence-electron chi connectivity index (χ0n) is 28.0. The standard InChI is InChI=1S/C36H48F2N6O3/c1-24(45)40-23-36(29-7-5-8-30(37)17-29,31-9-6-10-33(31)41-35(46)47-4)28-11-13-43(14-12-28)19-25-20-44(21-25)34-16-27(22-42(2)3)26(18-39)15-32(34)38/h5,7-8,15-17,25,28,31,33H,6,9-14,19-23H2,1-4H3,(H,40,45)(H,41,46)/t31-,33-,36-/m0/s1. The second-order valence-electron chi connectivity index (χ2n) is 13.9. The monoisotopic (exact) mass is 650 g/mol. The predicted molar refractivity (Wildman–Crippen MR) is 177 cm³/mol. The molecule has 3 fully saturated rings. The van der Waals surface area contributed by atoms with Gasteiger partial charge < -0.3 is 30.1 Å². The van der Waals surface area contributed by atoms with Crippen molar-refractivity contribution in [1.82, 2.24) is 20.4 Å². The minimum absolute atomic E-state index is 0.00769. The van der Waals surface area contributed by atoms with E-state index in [1.165, 1.54) is 26.2 Å². The van der Waals surface area contributed by atoms with E-state index in [9.17, 15) is 23.6 Å². The first-order valence-electron chi connectivity index (χ1n) is 16.7. The Morgan fingerprint density at radius 2 is 1.85 bits per heavy atom. The average Bonchev–Trinajstić information content (AvgIpc) is 3.48.